The lowest BCUT2D eigenvalue weighted by atomic mass is 10.1. The third kappa shape index (κ3) is 3.88. The van der Waals surface area contributed by atoms with E-state index in [2.05, 4.69) is 0 Å². The van der Waals surface area contributed by atoms with Crippen molar-refractivity contribution in [2.75, 3.05) is 21.3 Å². The molecule has 0 saturated heterocycles. The minimum atomic E-state index is -0.0637. The van der Waals surface area contributed by atoms with Crippen LogP contribution in [0, 0.1) is 0 Å². The number of carbonyl (C=O) groups is 1. The van der Waals surface area contributed by atoms with Crippen molar-refractivity contribution in [2.24, 2.45) is 0 Å². The Balaban J connectivity index is 1.86. The van der Waals surface area contributed by atoms with E-state index >= 15 is 0 Å². The fourth-order valence-corrected chi connectivity index (χ4v) is 3.18. The molecule has 0 heterocycles. The maximum absolute atomic E-state index is 13.1. The lowest BCUT2D eigenvalue weighted by molar-refractivity contribution is 0.0729. The van der Waals surface area contributed by atoms with Crippen LogP contribution in [0.5, 0.6) is 17.2 Å². The fraction of sp³-hybridized carbons (Fsp3) is 0.350. The summed E-state index contributed by atoms with van der Waals surface area (Å²) in [7, 11) is 4.68. The largest absolute Gasteiger partial charge is 0.497 e. The van der Waals surface area contributed by atoms with E-state index in [1.165, 1.54) is 14.2 Å². The van der Waals surface area contributed by atoms with Crippen molar-refractivity contribution < 1.29 is 19.0 Å². The standard InChI is InChI=1S/C20H22ClNO4/c1-24-16-8-4-13(5-9-16)12-22(15-6-7-15)20(23)14-10-17(21)19(26-3)18(11-14)25-2/h4-5,8-11,15H,6-7,12H2,1-3H3. The second-order valence-electron chi connectivity index (χ2n) is 6.21. The van der Waals surface area contributed by atoms with Gasteiger partial charge in [-0.15, -0.1) is 0 Å². The monoisotopic (exact) mass is 375 g/mol. The van der Waals surface area contributed by atoms with Crippen LogP contribution in [0.3, 0.4) is 0 Å². The maximum atomic E-state index is 13.1. The number of rotatable bonds is 7. The van der Waals surface area contributed by atoms with Gasteiger partial charge in [0.25, 0.3) is 5.91 Å². The number of carbonyl (C=O) groups excluding carboxylic acids is 1. The van der Waals surface area contributed by atoms with Crippen molar-refractivity contribution in [3.8, 4) is 17.2 Å². The average Bonchev–Trinajstić information content (AvgIpc) is 3.50. The molecule has 1 amide bonds. The topological polar surface area (TPSA) is 48.0 Å². The van der Waals surface area contributed by atoms with E-state index in [0.29, 0.717) is 28.6 Å². The van der Waals surface area contributed by atoms with Gasteiger partial charge in [-0.1, -0.05) is 23.7 Å². The number of nitrogens with zero attached hydrogens (tertiary/aromatic N) is 1. The van der Waals surface area contributed by atoms with E-state index in [-0.39, 0.29) is 11.9 Å². The molecule has 0 aliphatic heterocycles. The molecule has 6 heteroatoms. The normalized spacial score (nSPS) is 13.2. The molecule has 0 N–H and O–H groups in total. The van der Waals surface area contributed by atoms with Crippen LogP contribution in [0.4, 0.5) is 0 Å². The van der Waals surface area contributed by atoms with Crippen LogP contribution in [0.15, 0.2) is 36.4 Å². The quantitative estimate of drug-likeness (QED) is 0.728. The number of methoxy groups -OCH3 is 3. The van der Waals surface area contributed by atoms with Gasteiger partial charge in [0.2, 0.25) is 0 Å². The Bertz CT molecular complexity index is 787. The van der Waals surface area contributed by atoms with Crippen molar-refractivity contribution >= 4 is 17.5 Å². The Hall–Kier alpha value is -2.40. The highest BCUT2D eigenvalue weighted by Gasteiger charge is 2.33. The molecule has 1 aliphatic rings. The first-order valence-corrected chi connectivity index (χ1v) is 8.80. The van der Waals surface area contributed by atoms with Crippen LogP contribution in [-0.2, 0) is 6.54 Å². The summed E-state index contributed by atoms with van der Waals surface area (Å²) in [5.41, 5.74) is 1.55. The van der Waals surface area contributed by atoms with E-state index in [1.807, 2.05) is 29.2 Å². The number of hydrogen-bond donors (Lipinski definition) is 0. The lowest BCUT2D eigenvalue weighted by Crippen LogP contribution is -2.32. The second kappa shape index (κ2) is 7.87. The van der Waals surface area contributed by atoms with Gasteiger partial charge in [-0.05, 0) is 42.7 Å². The molecule has 1 aliphatic carbocycles. The highest BCUT2D eigenvalue weighted by molar-refractivity contribution is 6.32. The van der Waals surface area contributed by atoms with E-state index in [1.54, 1.807) is 19.2 Å². The average molecular weight is 376 g/mol. The summed E-state index contributed by atoms with van der Waals surface area (Å²) in [6, 6.07) is 11.3. The van der Waals surface area contributed by atoms with Gasteiger partial charge in [0.1, 0.15) is 5.75 Å². The molecule has 0 bridgehead atoms. The third-order valence-electron chi connectivity index (χ3n) is 4.44. The molecule has 0 radical (unpaired) electrons. The fourth-order valence-electron chi connectivity index (χ4n) is 2.89. The van der Waals surface area contributed by atoms with Gasteiger partial charge in [0.15, 0.2) is 11.5 Å². The molecule has 2 aromatic carbocycles. The molecule has 1 fully saturated rings. The van der Waals surface area contributed by atoms with Crippen LogP contribution in [0.25, 0.3) is 0 Å². The summed E-state index contributed by atoms with van der Waals surface area (Å²) in [6.45, 7) is 0.541. The first-order chi connectivity index (χ1) is 12.6. The minimum absolute atomic E-state index is 0.0637. The predicted molar refractivity (Wildman–Crippen MR) is 100 cm³/mol. The minimum Gasteiger partial charge on any atom is -0.497 e. The van der Waals surface area contributed by atoms with E-state index in [9.17, 15) is 4.79 Å². The molecule has 0 spiro atoms. The zero-order chi connectivity index (χ0) is 18.7. The van der Waals surface area contributed by atoms with Crippen LogP contribution >= 0.6 is 11.6 Å². The zero-order valence-electron chi connectivity index (χ0n) is 15.1. The maximum Gasteiger partial charge on any atom is 0.254 e. The molecule has 0 unspecified atom stereocenters. The van der Waals surface area contributed by atoms with E-state index in [0.717, 1.165) is 24.2 Å². The summed E-state index contributed by atoms with van der Waals surface area (Å²) >= 11 is 6.26. The highest BCUT2D eigenvalue weighted by atomic mass is 35.5. The first-order valence-electron chi connectivity index (χ1n) is 8.42. The predicted octanol–water partition coefficient (Wildman–Crippen LogP) is 4.17. The van der Waals surface area contributed by atoms with Crippen molar-refractivity contribution in [1.82, 2.24) is 4.90 Å². The molecule has 0 atom stereocenters. The SMILES string of the molecule is COc1ccc(CN(C(=O)c2cc(Cl)c(OC)c(OC)c2)C2CC2)cc1. The van der Waals surface area contributed by atoms with E-state index in [4.69, 9.17) is 25.8 Å². The van der Waals surface area contributed by atoms with Crippen LogP contribution in [0.1, 0.15) is 28.8 Å². The summed E-state index contributed by atoms with van der Waals surface area (Å²) in [5, 5.41) is 0.357. The Morgan fingerprint density at radius 2 is 1.77 bits per heavy atom. The molecular weight excluding hydrogens is 354 g/mol. The van der Waals surface area contributed by atoms with Gasteiger partial charge in [-0.2, -0.15) is 0 Å². The Labute approximate surface area is 158 Å². The van der Waals surface area contributed by atoms with Gasteiger partial charge in [0.05, 0.1) is 26.4 Å². The third-order valence-corrected chi connectivity index (χ3v) is 4.72. The van der Waals surface area contributed by atoms with Crippen LogP contribution in [-0.4, -0.2) is 38.2 Å². The van der Waals surface area contributed by atoms with Gasteiger partial charge < -0.3 is 19.1 Å². The summed E-state index contributed by atoms with van der Waals surface area (Å²) in [4.78, 5) is 15.0. The van der Waals surface area contributed by atoms with Crippen molar-refractivity contribution in [2.45, 2.75) is 25.4 Å². The number of amides is 1. The molecular formula is C20H22ClNO4. The molecule has 3 rings (SSSR count). The molecule has 26 heavy (non-hydrogen) atoms. The van der Waals surface area contributed by atoms with Crippen molar-refractivity contribution in [3.63, 3.8) is 0 Å². The lowest BCUT2D eigenvalue weighted by Gasteiger charge is -2.23. The molecule has 2 aromatic rings. The molecule has 1 saturated carbocycles. The molecule has 138 valence electrons. The summed E-state index contributed by atoms with van der Waals surface area (Å²) < 4.78 is 15.7. The Morgan fingerprint density at radius 3 is 2.31 bits per heavy atom. The highest BCUT2D eigenvalue weighted by Crippen LogP contribution is 2.37. The number of halogens is 1. The molecule has 0 aromatic heterocycles. The smallest absolute Gasteiger partial charge is 0.254 e. The Morgan fingerprint density at radius 1 is 1.08 bits per heavy atom. The second-order valence-corrected chi connectivity index (χ2v) is 6.61. The van der Waals surface area contributed by atoms with Crippen LogP contribution in [0.2, 0.25) is 5.02 Å². The summed E-state index contributed by atoms with van der Waals surface area (Å²) in [6.07, 6.45) is 2.03. The van der Waals surface area contributed by atoms with Gasteiger partial charge in [-0.25, -0.2) is 0 Å². The van der Waals surface area contributed by atoms with E-state index < -0.39 is 0 Å². The molecule has 5 nitrogen and oxygen atoms in total. The summed E-state index contributed by atoms with van der Waals surface area (Å²) in [5.74, 6) is 1.61. The number of ether oxygens (including phenoxy) is 3. The van der Waals surface area contributed by atoms with Crippen molar-refractivity contribution in [3.05, 3.63) is 52.5 Å². The first kappa shape index (κ1) is 18.4. The van der Waals surface area contributed by atoms with Gasteiger partial charge >= 0.3 is 0 Å². The van der Waals surface area contributed by atoms with Gasteiger partial charge in [0, 0.05) is 18.2 Å². The zero-order valence-corrected chi connectivity index (χ0v) is 15.9. The number of benzene rings is 2. The number of hydrogen-bond acceptors (Lipinski definition) is 4. The van der Waals surface area contributed by atoms with Gasteiger partial charge in [-0.3, -0.25) is 4.79 Å². The van der Waals surface area contributed by atoms with Crippen LogP contribution < -0.4 is 14.2 Å². The Kier molecular flexibility index (Phi) is 5.57. The van der Waals surface area contributed by atoms with Crippen molar-refractivity contribution in [1.29, 1.82) is 0 Å².